The Hall–Kier alpha value is -1.22. The van der Waals surface area contributed by atoms with Gasteiger partial charge in [-0.2, -0.15) is 0 Å². The Balaban J connectivity index is 1.84. The van der Waals surface area contributed by atoms with Crippen LogP contribution in [0.25, 0.3) is 0 Å². The summed E-state index contributed by atoms with van der Waals surface area (Å²) in [6.45, 7) is 4.22. The number of ether oxygens (including phenoxy) is 2. The van der Waals surface area contributed by atoms with Crippen molar-refractivity contribution in [1.29, 1.82) is 0 Å². The number of rotatable bonds is 3. The highest BCUT2D eigenvalue weighted by atomic mass is 16.5. The lowest BCUT2D eigenvalue weighted by Crippen LogP contribution is -2.44. The molecule has 0 amide bonds. The molecule has 0 saturated heterocycles. The minimum atomic E-state index is -0.0281. The molecule has 0 aromatic heterocycles. The largest absolute Gasteiger partial charge is 0.491 e. The van der Waals surface area contributed by atoms with Crippen molar-refractivity contribution in [2.24, 2.45) is 5.73 Å². The first-order valence-electron chi connectivity index (χ1n) is 8.37. The summed E-state index contributed by atoms with van der Waals surface area (Å²) in [7, 11) is 0. The summed E-state index contributed by atoms with van der Waals surface area (Å²) in [6, 6.07) is 6.22. The van der Waals surface area contributed by atoms with Crippen molar-refractivity contribution in [3.05, 3.63) is 23.8 Å². The van der Waals surface area contributed by atoms with E-state index in [0.29, 0.717) is 0 Å². The molecule has 1 aromatic carbocycles. The zero-order valence-electron chi connectivity index (χ0n) is 13.2. The molecular formula is C18H27NO2. The van der Waals surface area contributed by atoms with E-state index in [1.165, 1.54) is 19.3 Å². The molecule has 0 bridgehead atoms. The van der Waals surface area contributed by atoms with E-state index in [9.17, 15) is 0 Å². The highest BCUT2D eigenvalue weighted by molar-refractivity contribution is 5.44. The van der Waals surface area contributed by atoms with Gasteiger partial charge in [0.05, 0.1) is 6.10 Å². The summed E-state index contributed by atoms with van der Waals surface area (Å²) >= 11 is 0. The lowest BCUT2D eigenvalue weighted by molar-refractivity contribution is 0.00164. The average molecular weight is 289 g/mol. The molecule has 1 aromatic rings. The smallest absolute Gasteiger partial charge is 0.128 e. The molecule has 1 spiro atoms. The molecule has 116 valence electrons. The number of hydrogen-bond donors (Lipinski definition) is 1. The first kappa shape index (κ1) is 14.7. The van der Waals surface area contributed by atoms with E-state index in [-0.39, 0.29) is 17.7 Å². The lowest BCUT2D eigenvalue weighted by Gasteiger charge is -2.43. The second-order valence-electron chi connectivity index (χ2n) is 6.69. The monoisotopic (exact) mass is 289 g/mol. The summed E-state index contributed by atoms with van der Waals surface area (Å²) in [5, 5.41) is 0. The Labute approximate surface area is 127 Å². The number of hydrogen-bond acceptors (Lipinski definition) is 3. The maximum absolute atomic E-state index is 6.43. The van der Waals surface area contributed by atoms with Gasteiger partial charge in [0.25, 0.3) is 0 Å². The Morgan fingerprint density at radius 1 is 1.33 bits per heavy atom. The Morgan fingerprint density at radius 3 is 2.81 bits per heavy atom. The molecule has 3 rings (SSSR count). The molecule has 1 aliphatic carbocycles. The summed E-state index contributed by atoms with van der Waals surface area (Å²) in [5.74, 6) is 1.83. The third-order valence-corrected chi connectivity index (χ3v) is 4.98. The molecule has 1 aliphatic heterocycles. The summed E-state index contributed by atoms with van der Waals surface area (Å²) < 4.78 is 12.3. The van der Waals surface area contributed by atoms with Crippen molar-refractivity contribution in [3.8, 4) is 11.5 Å². The van der Waals surface area contributed by atoms with Crippen LogP contribution in [0.2, 0.25) is 0 Å². The van der Waals surface area contributed by atoms with Crippen LogP contribution in [0, 0.1) is 0 Å². The molecule has 3 nitrogen and oxygen atoms in total. The van der Waals surface area contributed by atoms with Crippen LogP contribution in [0.4, 0.5) is 0 Å². The van der Waals surface area contributed by atoms with E-state index < -0.39 is 0 Å². The minimum absolute atomic E-state index is 0.0281. The maximum atomic E-state index is 6.43. The molecule has 2 aliphatic rings. The summed E-state index contributed by atoms with van der Waals surface area (Å²) in [4.78, 5) is 0. The first-order valence-corrected chi connectivity index (χ1v) is 8.37. The fourth-order valence-electron chi connectivity index (χ4n) is 3.59. The maximum Gasteiger partial charge on any atom is 0.128 e. The normalized spacial score (nSPS) is 25.0. The molecule has 1 saturated carbocycles. The fourth-order valence-corrected chi connectivity index (χ4v) is 3.59. The van der Waals surface area contributed by atoms with Gasteiger partial charge in [-0.15, -0.1) is 0 Å². The Bertz CT molecular complexity index is 494. The molecule has 2 N–H and O–H groups in total. The quantitative estimate of drug-likeness (QED) is 0.899. The van der Waals surface area contributed by atoms with Crippen LogP contribution in [0.15, 0.2) is 18.2 Å². The number of fused-ring (bicyclic) bond motifs is 1. The molecule has 21 heavy (non-hydrogen) atoms. The van der Waals surface area contributed by atoms with Crippen LogP contribution in [0.3, 0.4) is 0 Å². The summed E-state index contributed by atoms with van der Waals surface area (Å²) in [5.41, 5.74) is 7.51. The van der Waals surface area contributed by atoms with Crippen LogP contribution >= 0.6 is 0 Å². The van der Waals surface area contributed by atoms with Crippen molar-refractivity contribution in [2.45, 2.75) is 76.5 Å². The van der Waals surface area contributed by atoms with Gasteiger partial charge in [-0.05, 0) is 45.1 Å². The molecule has 2 unspecified atom stereocenters. The Morgan fingerprint density at radius 2 is 2.10 bits per heavy atom. The van der Waals surface area contributed by atoms with Crippen molar-refractivity contribution in [1.82, 2.24) is 0 Å². The predicted octanol–water partition coefficient (Wildman–Crippen LogP) is 4.35. The molecule has 1 heterocycles. The van der Waals surface area contributed by atoms with E-state index >= 15 is 0 Å². The zero-order chi connectivity index (χ0) is 14.9. The predicted molar refractivity (Wildman–Crippen MR) is 84.8 cm³/mol. The topological polar surface area (TPSA) is 44.5 Å². The van der Waals surface area contributed by atoms with Gasteiger partial charge in [-0.1, -0.05) is 19.4 Å². The van der Waals surface area contributed by atoms with E-state index in [2.05, 4.69) is 19.9 Å². The highest BCUT2D eigenvalue weighted by Gasteiger charge is 2.40. The standard InChI is InChI=1S/C18H27NO2/c1-3-13(2)20-14-7-8-15-16(19)12-18(21-17(15)11-14)9-5-4-6-10-18/h7-8,11,13,16H,3-6,9-10,12,19H2,1-2H3. The molecule has 0 radical (unpaired) electrons. The molecule has 2 atom stereocenters. The van der Waals surface area contributed by atoms with Gasteiger partial charge in [0.1, 0.15) is 17.1 Å². The lowest BCUT2D eigenvalue weighted by atomic mass is 9.77. The summed E-state index contributed by atoms with van der Waals surface area (Å²) in [6.07, 6.45) is 8.28. The van der Waals surface area contributed by atoms with Crippen LogP contribution in [0.1, 0.15) is 70.4 Å². The third-order valence-electron chi connectivity index (χ3n) is 4.98. The molecule has 3 heteroatoms. The van der Waals surface area contributed by atoms with Crippen molar-refractivity contribution >= 4 is 0 Å². The van der Waals surface area contributed by atoms with E-state index in [4.69, 9.17) is 15.2 Å². The van der Waals surface area contributed by atoms with Gasteiger partial charge < -0.3 is 15.2 Å². The fraction of sp³-hybridized carbons (Fsp3) is 0.667. The second kappa shape index (κ2) is 5.88. The van der Waals surface area contributed by atoms with Crippen LogP contribution < -0.4 is 15.2 Å². The average Bonchev–Trinajstić information content (AvgIpc) is 2.47. The van der Waals surface area contributed by atoms with Gasteiger partial charge in [0.15, 0.2) is 0 Å². The SMILES string of the molecule is CCC(C)Oc1ccc2c(c1)OC1(CCCCC1)CC2N. The second-order valence-corrected chi connectivity index (χ2v) is 6.69. The van der Waals surface area contributed by atoms with Crippen molar-refractivity contribution < 1.29 is 9.47 Å². The van der Waals surface area contributed by atoms with E-state index in [1.807, 2.05) is 12.1 Å². The van der Waals surface area contributed by atoms with Gasteiger partial charge in [0, 0.05) is 24.1 Å². The van der Waals surface area contributed by atoms with Crippen LogP contribution in [-0.4, -0.2) is 11.7 Å². The Kier molecular flexibility index (Phi) is 4.12. The van der Waals surface area contributed by atoms with Crippen molar-refractivity contribution in [3.63, 3.8) is 0 Å². The van der Waals surface area contributed by atoms with E-state index in [0.717, 1.165) is 42.7 Å². The van der Waals surface area contributed by atoms with Gasteiger partial charge in [0.2, 0.25) is 0 Å². The molecule has 1 fully saturated rings. The van der Waals surface area contributed by atoms with Crippen LogP contribution in [0.5, 0.6) is 11.5 Å². The minimum Gasteiger partial charge on any atom is -0.491 e. The number of benzene rings is 1. The van der Waals surface area contributed by atoms with Crippen LogP contribution in [-0.2, 0) is 0 Å². The zero-order valence-corrected chi connectivity index (χ0v) is 13.2. The highest BCUT2D eigenvalue weighted by Crippen LogP contribution is 2.46. The van der Waals surface area contributed by atoms with E-state index in [1.54, 1.807) is 0 Å². The number of nitrogens with two attached hydrogens (primary N) is 1. The van der Waals surface area contributed by atoms with Gasteiger partial charge >= 0.3 is 0 Å². The van der Waals surface area contributed by atoms with Crippen molar-refractivity contribution in [2.75, 3.05) is 0 Å². The third kappa shape index (κ3) is 3.03. The van der Waals surface area contributed by atoms with Gasteiger partial charge in [-0.3, -0.25) is 0 Å². The van der Waals surface area contributed by atoms with Gasteiger partial charge in [-0.25, -0.2) is 0 Å². The first-order chi connectivity index (χ1) is 10.1. The molecular weight excluding hydrogens is 262 g/mol.